The lowest BCUT2D eigenvalue weighted by atomic mass is 9.98. The van der Waals surface area contributed by atoms with Gasteiger partial charge in [0.25, 0.3) is 0 Å². The number of aromatic nitrogens is 1. The lowest BCUT2D eigenvalue weighted by Gasteiger charge is -2.16. The molecule has 1 aromatic heterocycles. The SMILES string of the molecule is CCc1cccnc1C(N)Cc1ccccc1OC. The van der Waals surface area contributed by atoms with E-state index in [9.17, 15) is 0 Å². The van der Waals surface area contributed by atoms with Crippen LogP contribution in [0.25, 0.3) is 0 Å². The first-order valence-corrected chi connectivity index (χ1v) is 6.57. The van der Waals surface area contributed by atoms with Crippen molar-refractivity contribution in [2.75, 3.05) is 7.11 Å². The highest BCUT2D eigenvalue weighted by atomic mass is 16.5. The summed E-state index contributed by atoms with van der Waals surface area (Å²) in [5, 5.41) is 0. The number of nitrogens with two attached hydrogens (primary N) is 1. The normalized spacial score (nSPS) is 12.2. The van der Waals surface area contributed by atoms with E-state index in [1.807, 2.05) is 30.3 Å². The van der Waals surface area contributed by atoms with Crippen molar-refractivity contribution < 1.29 is 4.74 Å². The van der Waals surface area contributed by atoms with E-state index in [1.54, 1.807) is 13.3 Å². The Kier molecular flexibility index (Phi) is 4.53. The van der Waals surface area contributed by atoms with Gasteiger partial charge in [0.1, 0.15) is 5.75 Å². The second-order valence-corrected chi connectivity index (χ2v) is 4.52. The fraction of sp³-hybridized carbons (Fsp3) is 0.312. The number of rotatable bonds is 5. The Hall–Kier alpha value is -1.87. The first-order valence-electron chi connectivity index (χ1n) is 6.57. The van der Waals surface area contributed by atoms with Gasteiger partial charge in [0.2, 0.25) is 0 Å². The van der Waals surface area contributed by atoms with Gasteiger partial charge in [-0.1, -0.05) is 31.2 Å². The summed E-state index contributed by atoms with van der Waals surface area (Å²) in [7, 11) is 1.68. The molecule has 1 unspecified atom stereocenters. The maximum atomic E-state index is 6.31. The summed E-state index contributed by atoms with van der Waals surface area (Å²) in [4.78, 5) is 4.44. The van der Waals surface area contributed by atoms with Crippen molar-refractivity contribution in [3.8, 4) is 5.75 Å². The van der Waals surface area contributed by atoms with Crippen LogP contribution in [-0.2, 0) is 12.8 Å². The minimum absolute atomic E-state index is 0.104. The van der Waals surface area contributed by atoms with Gasteiger partial charge in [-0.25, -0.2) is 0 Å². The third-order valence-corrected chi connectivity index (χ3v) is 3.29. The fourth-order valence-electron chi connectivity index (χ4n) is 2.29. The van der Waals surface area contributed by atoms with Crippen LogP contribution in [0.2, 0.25) is 0 Å². The average Bonchev–Trinajstić information content (AvgIpc) is 2.47. The molecule has 2 rings (SSSR count). The summed E-state index contributed by atoms with van der Waals surface area (Å²) in [6.45, 7) is 2.12. The minimum atomic E-state index is -0.104. The van der Waals surface area contributed by atoms with Crippen LogP contribution in [0.4, 0.5) is 0 Å². The van der Waals surface area contributed by atoms with E-state index in [0.29, 0.717) is 0 Å². The summed E-state index contributed by atoms with van der Waals surface area (Å²) in [5.74, 6) is 0.881. The number of aryl methyl sites for hydroxylation is 1. The highest BCUT2D eigenvalue weighted by molar-refractivity contribution is 5.35. The van der Waals surface area contributed by atoms with Gasteiger partial charge in [-0.2, -0.15) is 0 Å². The first kappa shape index (κ1) is 13.6. The third-order valence-electron chi connectivity index (χ3n) is 3.29. The van der Waals surface area contributed by atoms with E-state index >= 15 is 0 Å². The molecular formula is C16H20N2O. The molecule has 0 spiro atoms. The number of hydrogen-bond donors (Lipinski definition) is 1. The number of methoxy groups -OCH3 is 1. The zero-order valence-electron chi connectivity index (χ0n) is 11.5. The van der Waals surface area contributed by atoms with Crippen LogP contribution in [-0.4, -0.2) is 12.1 Å². The summed E-state index contributed by atoms with van der Waals surface area (Å²) in [6, 6.07) is 11.9. The van der Waals surface area contributed by atoms with Crippen molar-refractivity contribution in [1.82, 2.24) is 4.98 Å². The van der Waals surface area contributed by atoms with Gasteiger partial charge < -0.3 is 10.5 Å². The highest BCUT2D eigenvalue weighted by Crippen LogP contribution is 2.24. The van der Waals surface area contributed by atoms with E-state index < -0.39 is 0 Å². The number of pyridine rings is 1. The molecule has 0 fully saturated rings. The molecule has 0 saturated carbocycles. The summed E-state index contributed by atoms with van der Waals surface area (Å²) >= 11 is 0. The maximum Gasteiger partial charge on any atom is 0.122 e. The molecule has 2 aromatic rings. The Labute approximate surface area is 114 Å². The van der Waals surface area contributed by atoms with Gasteiger partial charge >= 0.3 is 0 Å². The van der Waals surface area contributed by atoms with Crippen molar-refractivity contribution in [2.24, 2.45) is 5.73 Å². The molecule has 0 saturated heterocycles. The van der Waals surface area contributed by atoms with Crippen LogP contribution in [0.5, 0.6) is 5.75 Å². The summed E-state index contributed by atoms with van der Waals surface area (Å²) in [5.41, 5.74) is 9.62. The molecule has 0 aliphatic carbocycles. The van der Waals surface area contributed by atoms with E-state index in [2.05, 4.69) is 18.0 Å². The van der Waals surface area contributed by atoms with Crippen molar-refractivity contribution in [3.05, 3.63) is 59.4 Å². The minimum Gasteiger partial charge on any atom is -0.496 e. The molecule has 3 heteroatoms. The molecule has 0 radical (unpaired) electrons. The van der Waals surface area contributed by atoms with Gasteiger partial charge in [-0.15, -0.1) is 0 Å². The number of para-hydroxylation sites is 1. The molecule has 0 amide bonds. The van der Waals surface area contributed by atoms with Crippen molar-refractivity contribution >= 4 is 0 Å². The molecule has 1 atom stereocenters. The Bertz CT molecular complexity index is 540. The van der Waals surface area contributed by atoms with Crippen LogP contribution in [0.1, 0.15) is 29.8 Å². The van der Waals surface area contributed by atoms with E-state index in [1.165, 1.54) is 5.56 Å². The largest absolute Gasteiger partial charge is 0.496 e. The average molecular weight is 256 g/mol. The van der Waals surface area contributed by atoms with E-state index in [4.69, 9.17) is 10.5 Å². The fourth-order valence-corrected chi connectivity index (χ4v) is 2.29. The highest BCUT2D eigenvalue weighted by Gasteiger charge is 2.14. The molecule has 1 aromatic carbocycles. The lowest BCUT2D eigenvalue weighted by molar-refractivity contribution is 0.408. The van der Waals surface area contributed by atoms with E-state index in [0.717, 1.165) is 29.8 Å². The van der Waals surface area contributed by atoms with Gasteiger partial charge in [0.05, 0.1) is 18.8 Å². The van der Waals surface area contributed by atoms with Crippen LogP contribution < -0.4 is 10.5 Å². The molecule has 2 N–H and O–H groups in total. The zero-order chi connectivity index (χ0) is 13.7. The molecule has 0 aliphatic rings. The number of benzene rings is 1. The molecule has 3 nitrogen and oxygen atoms in total. The van der Waals surface area contributed by atoms with E-state index in [-0.39, 0.29) is 6.04 Å². The van der Waals surface area contributed by atoms with Crippen LogP contribution >= 0.6 is 0 Å². The number of ether oxygens (including phenoxy) is 1. The molecule has 0 bridgehead atoms. The molecule has 19 heavy (non-hydrogen) atoms. The van der Waals surface area contributed by atoms with Crippen molar-refractivity contribution in [1.29, 1.82) is 0 Å². The van der Waals surface area contributed by atoms with Crippen molar-refractivity contribution in [2.45, 2.75) is 25.8 Å². The second kappa shape index (κ2) is 6.34. The summed E-state index contributed by atoms with van der Waals surface area (Å²) in [6.07, 6.45) is 3.48. The molecule has 100 valence electrons. The van der Waals surface area contributed by atoms with Gasteiger partial charge in [-0.3, -0.25) is 4.98 Å². The Morgan fingerprint density at radius 2 is 1.89 bits per heavy atom. The zero-order valence-corrected chi connectivity index (χ0v) is 11.5. The van der Waals surface area contributed by atoms with Gasteiger partial charge in [0, 0.05) is 6.20 Å². The molecule has 1 heterocycles. The number of nitrogens with zero attached hydrogens (tertiary/aromatic N) is 1. The predicted octanol–water partition coefficient (Wildman–Crippen LogP) is 2.90. The molecule has 0 aliphatic heterocycles. The quantitative estimate of drug-likeness (QED) is 0.894. The van der Waals surface area contributed by atoms with Crippen LogP contribution in [0.15, 0.2) is 42.6 Å². The Balaban J connectivity index is 2.23. The maximum absolute atomic E-state index is 6.31. The van der Waals surface area contributed by atoms with Gasteiger partial charge in [0.15, 0.2) is 0 Å². The van der Waals surface area contributed by atoms with Crippen LogP contribution in [0, 0.1) is 0 Å². The standard InChI is InChI=1S/C16H20N2O/c1-3-12-8-6-10-18-16(12)14(17)11-13-7-4-5-9-15(13)19-2/h4-10,14H,3,11,17H2,1-2H3. The predicted molar refractivity (Wildman–Crippen MR) is 77.2 cm³/mol. The van der Waals surface area contributed by atoms with Gasteiger partial charge in [-0.05, 0) is 36.1 Å². The third kappa shape index (κ3) is 3.12. The van der Waals surface area contributed by atoms with Crippen molar-refractivity contribution in [3.63, 3.8) is 0 Å². The topological polar surface area (TPSA) is 48.1 Å². The smallest absolute Gasteiger partial charge is 0.122 e. The Morgan fingerprint density at radius 3 is 2.63 bits per heavy atom. The van der Waals surface area contributed by atoms with Crippen LogP contribution in [0.3, 0.4) is 0 Å². The Morgan fingerprint density at radius 1 is 1.16 bits per heavy atom. The monoisotopic (exact) mass is 256 g/mol. The second-order valence-electron chi connectivity index (χ2n) is 4.52. The number of hydrogen-bond acceptors (Lipinski definition) is 3. The molecular weight excluding hydrogens is 236 g/mol. The lowest BCUT2D eigenvalue weighted by Crippen LogP contribution is -2.17. The first-order chi connectivity index (χ1) is 9.26. The summed E-state index contributed by atoms with van der Waals surface area (Å²) < 4.78 is 5.36.